The zero-order chi connectivity index (χ0) is 15.8. The molecule has 0 saturated heterocycles. The maximum atomic E-state index is 9.86. The fourth-order valence-electron chi connectivity index (χ4n) is 5.13. The van der Waals surface area contributed by atoms with E-state index in [4.69, 9.17) is 0 Å². The van der Waals surface area contributed by atoms with Crippen LogP contribution in [0.25, 0.3) is 0 Å². The lowest BCUT2D eigenvalue weighted by Crippen LogP contribution is -2.31. The molecule has 0 radical (unpaired) electrons. The standard InChI is InChI=1S/C21H37N/c1-3-5-9-18(4-2)16-21(17-22)14-12-20(13-15-21)19-10-7-6-8-11-19/h18-20H,3-16H2,1-2H3/t18?,20-,21+. The molecule has 0 N–H and O–H groups in total. The third-order valence-electron chi connectivity index (χ3n) is 6.76. The topological polar surface area (TPSA) is 23.8 Å². The lowest BCUT2D eigenvalue weighted by atomic mass is 9.63. The van der Waals surface area contributed by atoms with E-state index in [1.807, 2.05) is 0 Å². The molecule has 0 aromatic rings. The minimum absolute atomic E-state index is 0.0274. The third kappa shape index (κ3) is 4.74. The van der Waals surface area contributed by atoms with Crippen molar-refractivity contribution in [2.75, 3.05) is 0 Å². The molecule has 2 aliphatic rings. The Balaban J connectivity index is 1.86. The maximum Gasteiger partial charge on any atom is 0.0689 e. The summed E-state index contributed by atoms with van der Waals surface area (Å²) < 4.78 is 0. The number of hydrogen-bond donors (Lipinski definition) is 0. The molecule has 22 heavy (non-hydrogen) atoms. The Morgan fingerprint density at radius 3 is 2.18 bits per heavy atom. The van der Waals surface area contributed by atoms with Crippen molar-refractivity contribution in [1.29, 1.82) is 5.26 Å². The van der Waals surface area contributed by atoms with E-state index >= 15 is 0 Å². The molecular weight excluding hydrogens is 266 g/mol. The van der Waals surface area contributed by atoms with Crippen LogP contribution in [-0.4, -0.2) is 0 Å². The van der Waals surface area contributed by atoms with Crippen LogP contribution in [0.2, 0.25) is 0 Å². The Morgan fingerprint density at radius 1 is 1.00 bits per heavy atom. The molecule has 1 heteroatoms. The van der Waals surface area contributed by atoms with Crippen LogP contribution >= 0.6 is 0 Å². The van der Waals surface area contributed by atoms with Gasteiger partial charge in [-0.2, -0.15) is 5.26 Å². The van der Waals surface area contributed by atoms with Gasteiger partial charge in [0.2, 0.25) is 0 Å². The fraction of sp³-hybridized carbons (Fsp3) is 0.952. The van der Waals surface area contributed by atoms with Crippen molar-refractivity contribution in [2.24, 2.45) is 23.2 Å². The minimum atomic E-state index is 0.0274. The molecule has 0 aromatic carbocycles. The van der Waals surface area contributed by atoms with E-state index in [1.54, 1.807) is 0 Å². The molecule has 0 bridgehead atoms. The Hall–Kier alpha value is -0.510. The van der Waals surface area contributed by atoms with Crippen LogP contribution in [-0.2, 0) is 0 Å². The first kappa shape index (κ1) is 17.8. The van der Waals surface area contributed by atoms with Gasteiger partial charge < -0.3 is 0 Å². The summed E-state index contributed by atoms with van der Waals surface area (Å²) in [7, 11) is 0. The van der Waals surface area contributed by atoms with Crippen molar-refractivity contribution in [3.05, 3.63) is 0 Å². The lowest BCUT2D eigenvalue weighted by molar-refractivity contribution is 0.115. The van der Waals surface area contributed by atoms with E-state index < -0.39 is 0 Å². The zero-order valence-corrected chi connectivity index (χ0v) is 15.1. The average molecular weight is 304 g/mol. The number of unbranched alkanes of at least 4 members (excludes halogenated alkanes) is 1. The van der Waals surface area contributed by atoms with Crippen LogP contribution in [0.1, 0.15) is 104 Å². The third-order valence-corrected chi connectivity index (χ3v) is 6.76. The van der Waals surface area contributed by atoms with Gasteiger partial charge in [0, 0.05) is 0 Å². The van der Waals surface area contributed by atoms with E-state index in [1.165, 1.54) is 89.9 Å². The van der Waals surface area contributed by atoms with Crippen molar-refractivity contribution in [2.45, 2.75) is 104 Å². The van der Waals surface area contributed by atoms with Crippen LogP contribution in [0.15, 0.2) is 0 Å². The van der Waals surface area contributed by atoms with Crippen LogP contribution in [0.3, 0.4) is 0 Å². The minimum Gasteiger partial charge on any atom is -0.198 e. The highest BCUT2D eigenvalue weighted by Gasteiger charge is 2.39. The Morgan fingerprint density at radius 2 is 1.64 bits per heavy atom. The Kier molecular flexibility index (Phi) is 7.26. The molecule has 1 unspecified atom stereocenters. The summed E-state index contributed by atoms with van der Waals surface area (Å²) in [5.74, 6) is 2.72. The molecule has 2 aliphatic carbocycles. The van der Waals surface area contributed by atoms with Crippen molar-refractivity contribution >= 4 is 0 Å². The second-order valence-corrected chi connectivity index (χ2v) is 8.25. The number of hydrogen-bond acceptors (Lipinski definition) is 1. The van der Waals surface area contributed by atoms with Gasteiger partial charge in [0.25, 0.3) is 0 Å². The lowest BCUT2D eigenvalue weighted by Gasteiger charge is -2.41. The van der Waals surface area contributed by atoms with E-state index in [0.717, 1.165) is 17.8 Å². The number of nitrogens with zero attached hydrogens (tertiary/aromatic N) is 1. The molecule has 2 fully saturated rings. The van der Waals surface area contributed by atoms with Crippen molar-refractivity contribution in [1.82, 2.24) is 0 Å². The highest BCUT2D eigenvalue weighted by molar-refractivity contribution is 5.03. The normalized spacial score (nSPS) is 31.6. The van der Waals surface area contributed by atoms with Gasteiger partial charge in [0.15, 0.2) is 0 Å². The maximum absolute atomic E-state index is 9.86. The summed E-state index contributed by atoms with van der Waals surface area (Å²) >= 11 is 0. The van der Waals surface area contributed by atoms with Gasteiger partial charge in [-0.3, -0.25) is 0 Å². The molecule has 0 heterocycles. The summed E-state index contributed by atoms with van der Waals surface area (Å²) in [6, 6.07) is 2.78. The van der Waals surface area contributed by atoms with Crippen LogP contribution in [0.4, 0.5) is 0 Å². The average Bonchev–Trinajstić information content (AvgIpc) is 2.60. The molecule has 1 atom stereocenters. The predicted molar refractivity (Wildman–Crippen MR) is 94.5 cm³/mol. The number of rotatable bonds is 7. The molecule has 0 aromatic heterocycles. The second kappa shape index (κ2) is 8.95. The molecule has 0 amide bonds. The quantitative estimate of drug-likeness (QED) is 0.503. The number of nitriles is 1. The van der Waals surface area contributed by atoms with Gasteiger partial charge in [-0.15, -0.1) is 0 Å². The SMILES string of the molecule is CCCCC(CC)C[C@]1(C#N)CC[C@@H](C2CCCCC2)CC1. The Bertz CT molecular complexity index is 339. The molecule has 2 saturated carbocycles. The van der Waals surface area contributed by atoms with Crippen LogP contribution < -0.4 is 0 Å². The molecule has 126 valence electrons. The van der Waals surface area contributed by atoms with Gasteiger partial charge in [0.1, 0.15) is 0 Å². The van der Waals surface area contributed by atoms with E-state index in [9.17, 15) is 5.26 Å². The fourth-order valence-corrected chi connectivity index (χ4v) is 5.13. The molecular formula is C21H37N. The van der Waals surface area contributed by atoms with Gasteiger partial charge in [0.05, 0.1) is 11.5 Å². The van der Waals surface area contributed by atoms with Gasteiger partial charge in [-0.05, 0) is 49.9 Å². The molecule has 2 rings (SSSR count). The van der Waals surface area contributed by atoms with Gasteiger partial charge in [-0.1, -0.05) is 71.6 Å². The van der Waals surface area contributed by atoms with Gasteiger partial charge >= 0.3 is 0 Å². The largest absolute Gasteiger partial charge is 0.198 e. The first-order chi connectivity index (χ1) is 10.7. The summed E-state index contributed by atoms with van der Waals surface area (Å²) in [6.45, 7) is 4.60. The highest BCUT2D eigenvalue weighted by atomic mass is 14.5. The summed E-state index contributed by atoms with van der Waals surface area (Å²) in [5.41, 5.74) is 0.0274. The van der Waals surface area contributed by atoms with Crippen molar-refractivity contribution in [3.8, 4) is 6.07 Å². The highest BCUT2D eigenvalue weighted by Crippen LogP contribution is 2.48. The van der Waals surface area contributed by atoms with E-state index in [0.29, 0.717) is 0 Å². The summed E-state index contributed by atoms with van der Waals surface area (Å²) in [5, 5.41) is 9.86. The summed E-state index contributed by atoms with van der Waals surface area (Å²) in [6.07, 6.45) is 18.8. The monoisotopic (exact) mass is 303 g/mol. The molecule has 1 nitrogen and oxygen atoms in total. The van der Waals surface area contributed by atoms with Gasteiger partial charge in [-0.25, -0.2) is 0 Å². The first-order valence-electron chi connectivity index (χ1n) is 10.1. The first-order valence-corrected chi connectivity index (χ1v) is 10.1. The predicted octanol–water partition coefficient (Wildman–Crippen LogP) is 6.87. The van der Waals surface area contributed by atoms with Crippen LogP contribution in [0.5, 0.6) is 0 Å². The second-order valence-electron chi connectivity index (χ2n) is 8.25. The smallest absolute Gasteiger partial charge is 0.0689 e. The molecule has 0 aliphatic heterocycles. The van der Waals surface area contributed by atoms with Crippen LogP contribution in [0, 0.1) is 34.5 Å². The van der Waals surface area contributed by atoms with Crippen molar-refractivity contribution in [3.63, 3.8) is 0 Å². The van der Waals surface area contributed by atoms with Crippen molar-refractivity contribution < 1.29 is 0 Å². The molecule has 0 spiro atoms. The Labute approximate surface area is 138 Å². The van der Waals surface area contributed by atoms with E-state index in [-0.39, 0.29) is 5.41 Å². The zero-order valence-electron chi connectivity index (χ0n) is 15.1. The van der Waals surface area contributed by atoms with E-state index in [2.05, 4.69) is 19.9 Å². The summed E-state index contributed by atoms with van der Waals surface area (Å²) in [4.78, 5) is 0.